The van der Waals surface area contributed by atoms with Crippen molar-refractivity contribution in [1.82, 2.24) is 0 Å². The monoisotopic (exact) mass is 864 g/mol. The Labute approximate surface area is 399 Å². The topological polar surface area (TPSA) is 0 Å². The molecule has 1 spiro atoms. The second kappa shape index (κ2) is 15.7. The average Bonchev–Trinajstić information content (AvgIpc) is 3.71. The lowest BCUT2D eigenvalue weighted by Gasteiger charge is -2.46. The van der Waals surface area contributed by atoms with Gasteiger partial charge in [-0.05, 0) is 146 Å². The Morgan fingerprint density at radius 1 is 0.221 bits per heavy atom. The van der Waals surface area contributed by atoms with Crippen molar-refractivity contribution in [2.75, 3.05) is 0 Å². The molecule has 0 heteroatoms. The number of rotatable bonds is 6. The Morgan fingerprint density at radius 2 is 0.588 bits per heavy atom. The zero-order chi connectivity index (χ0) is 45.4. The third kappa shape index (κ3) is 6.14. The normalized spacial score (nSPS) is 13.7. The van der Waals surface area contributed by atoms with Crippen molar-refractivity contribution < 1.29 is 0 Å². The predicted octanol–water partition coefficient (Wildman–Crippen LogP) is 17.8. The smallest absolute Gasteiger partial charge is 0.0622 e. The Morgan fingerprint density at radius 3 is 1.09 bits per heavy atom. The summed E-state index contributed by atoms with van der Waals surface area (Å²) in [5, 5.41) is 2.55. The molecule has 2 aliphatic rings. The molecular formula is C68H48. The summed E-state index contributed by atoms with van der Waals surface area (Å²) in [5.74, 6) is 0. The fraction of sp³-hybridized carbons (Fsp3) is 0.0588. The molecule has 0 bridgehead atoms. The number of fused-ring (bicyclic) bond motifs is 11. The average molecular weight is 865 g/mol. The van der Waals surface area contributed by atoms with Crippen LogP contribution in [0.25, 0.3) is 88.7 Å². The van der Waals surface area contributed by atoms with Crippen molar-refractivity contribution in [3.05, 3.63) is 288 Å². The molecule has 11 aromatic carbocycles. The van der Waals surface area contributed by atoms with Gasteiger partial charge in [0, 0.05) is 5.41 Å². The van der Waals surface area contributed by atoms with E-state index in [-0.39, 0.29) is 5.41 Å². The summed E-state index contributed by atoms with van der Waals surface area (Å²) in [6.45, 7) is 4.81. The van der Waals surface area contributed by atoms with Crippen LogP contribution in [0.4, 0.5) is 0 Å². The molecule has 2 aliphatic carbocycles. The highest BCUT2D eigenvalue weighted by Crippen LogP contribution is 2.64. The van der Waals surface area contributed by atoms with Gasteiger partial charge in [0.2, 0.25) is 0 Å². The highest BCUT2D eigenvalue weighted by Gasteiger charge is 2.54. The second-order valence-electron chi connectivity index (χ2n) is 19.2. The van der Waals surface area contributed by atoms with E-state index in [9.17, 15) is 0 Å². The van der Waals surface area contributed by atoms with E-state index in [2.05, 4.69) is 269 Å². The highest BCUT2D eigenvalue weighted by atomic mass is 14.5. The summed E-state index contributed by atoms with van der Waals surface area (Å²) in [6, 6.07) is 95.1. The third-order valence-corrected chi connectivity index (χ3v) is 15.2. The van der Waals surface area contributed by atoms with E-state index in [1.165, 1.54) is 122 Å². The maximum Gasteiger partial charge on any atom is 0.0720 e. The number of hydrogen-bond donors (Lipinski definition) is 0. The van der Waals surface area contributed by atoms with E-state index in [4.69, 9.17) is 0 Å². The summed E-state index contributed by atoms with van der Waals surface area (Å²) < 4.78 is 0. The minimum Gasteiger partial charge on any atom is -0.0622 e. The zero-order valence-electron chi connectivity index (χ0n) is 38.2. The van der Waals surface area contributed by atoms with Crippen LogP contribution < -0.4 is 0 Å². The first-order chi connectivity index (χ1) is 33.5. The second-order valence-corrected chi connectivity index (χ2v) is 19.2. The fourth-order valence-electron chi connectivity index (χ4n) is 11.9. The molecule has 0 heterocycles. The lowest BCUT2D eigenvalue weighted by molar-refractivity contribution is 0.563. The summed E-state index contributed by atoms with van der Waals surface area (Å²) in [4.78, 5) is 0. The Balaban J connectivity index is 0.993. The van der Waals surface area contributed by atoms with Gasteiger partial charge in [0.1, 0.15) is 0 Å². The molecule has 0 unspecified atom stereocenters. The first-order valence-electron chi connectivity index (χ1n) is 23.9. The van der Waals surface area contributed by atoms with Gasteiger partial charge < -0.3 is 0 Å². The van der Waals surface area contributed by atoms with E-state index in [1.54, 1.807) is 0 Å². The molecule has 0 aromatic heterocycles. The standard InChI is InChI=1S/C68H48/c1-67(2)60-27-11-13-29-62(60)68(63-30-14-12-28-61(63)67)64-43-55(49-33-31-47(32-34-49)53-23-15-21-51(41-53)45-17-5-3-6-18-45)39-40-58(64)66-57-26-10-9-25-56(57)59(44-65(66)68)50-37-35-48(36-38-50)54-24-16-22-52(42-54)46-19-7-4-8-20-46/h3-44H,1-2H3. The van der Waals surface area contributed by atoms with Gasteiger partial charge in [-0.1, -0.05) is 244 Å². The lowest BCUT2D eigenvalue weighted by Crippen LogP contribution is -2.40. The van der Waals surface area contributed by atoms with Crippen LogP contribution in [-0.2, 0) is 10.8 Å². The first kappa shape index (κ1) is 40.0. The third-order valence-electron chi connectivity index (χ3n) is 15.2. The van der Waals surface area contributed by atoms with Gasteiger partial charge in [-0.15, -0.1) is 0 Å². The summed E-state index contributed by atoms with van der Waals surface area (Å²) in [6.07, 6.45) is 0. The number of benzene rings is 11. The molecule has 0 saturated carbocycles. The molecular weight excluding hydrogens is 817 g/mol. The zero-order valence-corrected chi connectivity index (χ0v) is 38.2. The van der Waals surface area contributed by atoms with E-state index >= 15 is 0 Å². The molecule has 0 fully saturated rings. The van der Waals surface area contributed by atoms with Gasteiger partial charge >= 0.3 is 0 Å². The van der Waals surface area contributed by atoms with Crippen molar-refractivity contribution in [3.8, 4) is 77.9 Å². The van der Waals surface area contributed by atoms with E-state index in [0.717, 1.165) is 0 Å². The fourth-order valence-corrected chi connectivity index (χ4v) is 11.9. The van der Waals surface area contributed by atoms with E-state index in [0.29, 0.717) is 0 Å². The van der Waals surface area contributed by atoms with Crippen molar-refractivity contribution >= 4 is 10.8 Å². The van der Waals surface area contributed by atoms with E-state index in [1.807, 2.05) is 0 Å². The van der Waals surface area contributed by atoms with Gasteiger partial charge in [0.25, 0.3) is 0 Å². The van der Waals surface area contributed by atoms with Crippen molar-refractivity contribution in [2.45, 2.75) is 24.7 Å². The SMILES string of the molecule is CC1(C)c2ccccc2C2(c3cc(-c4ccc(-c5cccc(-c6ccccc6)c5)cc4)ccc3-c3c2cc(-c2ccc(-c4cccc(-c5ccccc5)c4)cc2)c2ccccc32)c2ccccc21. The maximum absolute atomic E-state index is 2.56. The largest absolute Gasteiger partial charge is 0.0720 e. The van der Waals surface area contributed by atoms with Crippen LogP contribution in [0, 0.1) is 0 Å². The van der Waals surface area contributed by atoms with Crippen LogP contribution in [0.15, 0.2) is 255 Å². The summed E-state index contributed by atoms with van der Waals surface area (Å²) in [7, 11) is 0. The molecule has 0 aliphatic heterocycles. The minimum atomic E-state index is -0.558. The van der Waals surface area contributed by atoms with Gasteiger partial charge in [0.15, 0.2) is 0 Å². The van der Waals surface area contributed by atoms with Crippen LogP contribution >= 0.6 is 0 Å². The molecule has 0 radical (unpaired) electrons. The Hall–Kier alpha value is -8.32. The molecule has 0 saturated heterocycles. The van der Waals surface area contributed by atoms with E-state index < -0.39 is 5.41 Å². The van der Waals surface area contributed by atoms with Crippen molar-refractivity contribution in [3.63, 3.8) is 0 Å². The van der Waals surface area contributed by atoms with Gasteiger partial charge in [-0.2, -0.15) is 0 Å². The summed E-state index contributed by atoms with van der Waals surface area (Å²) in [5.41, 5.74) is 24.7. The molecule has 11 aromatic rings. The minimum absolute atomic E-state index is 0.195. The Bertz CT molecular complexity index is 3670. The first-order valence-corrected chi connectivity index (χ1v) is 23.9. The molecule has 0 atom stereocenters. The van der Waals surface area contributed by atoms with Gasteiger partial charge in [-0.25, -0.2) is 0 Å². The van der Waals surface area contributed by atoms with Crippen LogP contribution in [0.1, 0.15) is 47.2 Å². The van der Waals surface area contributed by atoms with Crippen LogP contribution in [0.2, 0.25) is 0 Å². The quantitative estimate of drug-likeness (QED) is 0.156. The number of hydrogen-bond acceptors (Lipinski definition) is 0. The predicted molar refractivity (Wildman–Crippen MR) is 286 cm³/mol. The highest BCUT2D eigenvalue weighted by molar-refractivity contribution is 6.10. The molecule has 320 valence electrons. The van der Waals surface area contributed by atoms with Crippen molar-refractivity contribution in [2.24, 2.45) is 0 Å². The maximum atomic E-state index is 2.56. The molecule has 13 rings (SSSR count). The van der Waals surface area contributed by atoms with Gasteiger partial charge in [0.05, 0.1) is 5.41 Å². The Kier molecular flexibility index (Phi) is 9.21. The lowest BCUT2D eigenvalue weighted by atomic mass is 9.55. The molecule has 0 nitrogen and oxygen atoms in total. The molecule has 0 amide bonds. The molecule has 68 heavy (non-hydrogen) atoms. The van der Waals surface area contributed by atoms with Crippen molar-refractivity contribution in [1.29, 1.82) is 0 Å². The van der Waals surface area contributed by atoms with Gasteiger partial charge in [-0.3, -0.25) is 0 Å². The summed E-state index contributed by atoms with van der Waals surface area (Å²) >= 11 is 0. The molecule has 0 N–H and O–H groups in total. The van der Waals surface area contributed by atoms with Crippen LogP contribution in [0.5, 0.6) is 0 Å². The van der Waals surface area contributed by atoms with Crippen LogP contribution in [0.3, 0.4) is 0 Å². The van der Waals surface area contributed by atoms with Crippen LogP contribution in [-0.4, -0.2) is 0 Å².